The fraction of sp³-hybridized carbons (Fsp3) is 0. The van der Waals surface area contributed by atoms with Gasteiger partial charge in [0.15, 0.2) is 0 Å². The first-order valence-electron chi connectivity index (χ1n) is 14.3. The summed E-state index contributed by atoms with van der Waals surface area (Å²) in [4.78, 5) is 69.1. The van der Waals surface area contributed by atoms with Crippen molar-refractivity contribution in [3.63, 3.8) is 0 Å². The van der Waals surface area contributed by atoms with Gasteiger partial charge in [-0.25, -0.2) is 14.4 Å². The molecular formula is C35H21N3O12. The number of nitro benzene ring substituents is 3. The van der Waals surface area contributed by atoms with Crippen molar-refractivity contribution in [2.45, 2.75) is 0 Å². The molecule has 5 rings (SSSR count). The molecule has 0 atom stereocenters. The van der Waals surface area contributed by atoms with Crippen molar-refractivity contribution >= 4 is 47.1 Å². The lowest BCUT2D eigenvalue weighted by Crippen LogP contribution is -2.10. The van der Waals surface area contributed by atoms with Crippen LogP contribution in [0.4, 0.5) is 17.1 Å². The summed E-state index contributed by atoms with van der Waals surface area (Å²) < 4.78 is 16.3. The lowest BCUT2D eigenvalue weighted by atomic mass is 10.1. The normalized spacial score (nSPS) is 10.6. The Balaban J connectivity index is 1.34. The Morgan fingerprint density at radius 3 is 1.08 bits per heavy atom. The Kier molecular flexibility index (Phi) is 10.1. The smallest absolute Gasteiger partial charge is 0.343 e. The van der Waals surface area contributed by atoms with Gasteiger partial charge in [0.05, 0.1) is 31.5 Å². The predicted molar refractivity (Wildman–Crippen MR) is 176 cm³/mol. The number of carbonyl (C=O) groups excluding carboxylic acids is 3. The standard InChI is InChI=1S/C35H21N3O12/c39-33(24-5-11-27(12-6-24)36(42)43)48-30-17-3-22(4-18-30)1-2-23-19-31(49-34(40)25-7-13-28(14-8-25)37(44)45)21-32(20-23)50-35(41)26-9-15-29(16-10-26)38(46)47/h1-21H/b2-1+. The van der Waals surface area contributed by atoms with Crippen LogP contribution in [0, 0.1) is 30.3 Å². The molecule has 0 heterocycles. The monoisotopic (exact) mass is 675 g/mol. The van der Waals surface area contributed by atoms with E-state index in [4.69, 9.17) is 14.2 Å². The van der Waals surface area contributed by atoms with Crippen molar-refractivity contribution < 1.29 is 43.4 Å². The van der Waals surface area contributed by atoms with E-state index in [1.807, 2.05) is 0 Å². The average Bonchev–Trinajstić information content (AvgIpc) is 3.11. The number of rotatable bonds is 11. The second-order valence-corrected chi connectivity index (χ2v) is 10.2. The topological polar surface area (TPSA) is 208 Å². The first kappa shape index (κ1) is 33.8. The van der Waals surface area contributed by atoms with E-state index >= 15 is 0 Å². The van der Waals surface area contributed by atoms with Gasteiger partial charge in [-0.3, -0.25) is 30.3 Å². The van der Waals surface area contributed by atoms with Crippen LogP contribution in [0.5, 0.6) is 17.2 Å². The van der Waals surface area contributed by atoms with Crippen LogP contribution in [0.1, 0.15) is 42.2 Å². The molecule has 0 N–H and O–H groups in total. The number of nitrogens with zero attached hydrogens (tertiary/aromatic N) is 3. The lowest BCUT2D eigenvalue weighted by molar-refractivity contribution is -0.385. The van der Waals surface area contributed by atoms with Crippen molar-refractivity contribution in [2.24, 2.45) is 0 Å². The summed E-state index contributed by atoms with van der Waals surface area (Å²) in [6.45, 7) is 0. The SMILES string of the molecule is O=C(Oc1ccc(/C=C/c2cc(OC(=O)c3ccc([N+](=O)[O-])cc3)cc(OC(=O)c3ccc([N+](=O)[O-])cc3)c2)cc1)c1ccc([N+](=O)[O-])cc1. The zero-order valence-electron chi connectivity index (χ0n) is 25.4. The zero-order valence-corrected chi connectivity index (χ0v) is 25.4. The summed E-state index contributed by atoms with van der Waals surface area (Å²) >= 11 is 0. The van der Waals surface area contributed by atoms with E-state index in [2.05, 4.69) is 0 Å². The van der Waals surface area contributed by atoms with E-state index in [-0.39, 0.29) is 51.0 Å². The lowest BCUT2D eigenvalue weighted by Gasteiger charge is -2.10. The summed E-state index contributed by atoms with van der Waals surface area (Å²) in [6.07, 6.45) is 3.28. The van der Waals surface area contributed by atoms with Crippen molar-refractivity contribution in [3.8, 4) is 17.2 Å². The maximum atomic E-state index is 12.8. The number of hydrogen-bond acceptors (Lipinski definition) is 12. The van der Waals surface area contributed by atoms with Gasteiger partial charge < -0.3 is 14.2 Å². The highest BCUT2D eigenvalue weighted by Crippen LogP contribution is 2.27. The van der Waals surface area contributed by atoms with Gasteiger partial charge in [-0.2, -0.15) is 0 Å². The molecule has 0 unspecified atom stereocenters. The zero-order chi connectivity index (χ0) is 35.8. The van der Waals surface area contributed by atoms with Crippen LogP contribution >= 0.6 is 0 Å². The van der Waals surface area contributed by atoms with Crippen molar-refractivity contribution in [1.82, 2.24) is 0 Å². The van der Waals surface area contributed by atoms with Crippen LogP contribution < -0.4 is 14.2 Å². The van der Waals surface area contributed by atoms with E-state index < -0.39 is 32.7 Å². The summed E-state index contributed by atoms with van der Waals surface area (Å²) in [5.74, 6) is -2.24. The predicted octanol–water partition coefficient (Wildman–Crippen LogP) is 7.24. The van der Waals surface area contributed by atoms with Gasteiger partial charge in [0.25, 0.3) is 17.1 Å². The first-order valence-corrected chi connectivity index (χ1v) is 14.3. The maximum absolute atomic E-state index is 12.8. The number of nitro groups is 3. The van der Waals surface area contributed by atoms with E-state index in [1.165, 1.54) is 78.9 Å². The molecule has 5 aromatic rings. The summed E-state index contributed by atoms with van der Waals surface area (Å²) in [6, 6.07) is 25.0. The molecular weight excluding hydrogens is 654 g/mol. The molecule has 0 saturated carbocycles. The van der Waals surface area contributed by atoms with E-state index in [1.54, 1.807) is 24.3 Å². The van der Waals surface area contributed by atoms with Crippen molar-refractivity contribution in [2.75, 3.05) is 0 Å². The molecule has 248 valence electrons. The van der Waals surface area contributed by atoms with Crippen LogP contribution in [0.25, 0.3) is 12.2 Å². The van der Waals surface area contributed by atoms with E-state index in [0.29, 0.717) is 11.1 Å². The number of non-ortho nitro benzene ring substituents is 3. The minimum absolute atomic E-state index is 0.0235. The van der Waals surface area contributed by atoms with Gasteiger partial charge in [0.1, 0.15) is 17.2 Å². The van der Waals surface area contributed by atoms with Gasteiger partial charge in [0, 0.05) is 42.5 Å². The number of hydrogen-bond donors (Lipinski definition) is 0. The Hall–Kier alpha value is -7.55. The second kappa shape index (κ2) is 14.9. The largest absolute Gasteiger partial charge is 0.423 e. The Labute approximate surface area is 281 Å². The first-order chi connectivity index (χ1) is 23.9. The summed E-state index contributed by atoms with van der Waals surface area (Å²) in [5, 5.41) is 32.8. The molecule has 50 heavy (non-hydrogen) atoms. The van der Waals surface area contributed by atoms with Crippen molar-refractivity contribution in [3.05, 3.63) is 173 Å². The Morgan fingerprint density at radius 1 is 0.420 bits per heavy atom. The van der Waals surface area contributed by atoms with Crippen LogP contribution in [0.3, 0.4) is 0 Å². The molecule has 0 aliphatic heterocycles. The van der Waals surface area contributed by atoms with Crippen LogP contribution in [-0.2, 0) is 0 Å². The van der Waals surface area contributed by atoms with Gasteiger partial charge in [0.2, 0.25) is 0 Å². The highest BCUT2D eigenvalue weighted by atomic mass is 16.6. The molecule has 0 bridgehead atoms. The molecule has 5 aromatic carbocycles. The maximum Gasteiger partial charge on any atom is 0.343 e. The summed E-state index contributed by atoms with van der Waals surface area (Å²) in [7, 11) is 0. The summed E-state index contributed by atoms with van der Waals surface area (Å²) in [5.41, 5.74) is 0.636. The van der Waals surface area contributed by atoms with Crippen LogP contribution in [0.15, 0.2) is 115 Å². The molecule has 0 spiro atoms. The quantitative estimate of drug-likeness (QED) is 0.0446. The van der Waals surface area contributed by atoms with Gasteiger partial charge >= 0.3 is 17.9 Å². The molecule has 0 aliphatic rings. The molecule has 0 aliphatic carbocycles. The highest BCUT2D eigenvalue weighted by Gasteiger charge is 2.16. The number of ether oxygens (including phenoxy) is 3. The third kappa shape index (κ3) is 8.62. The Bertz CT molecular complexity index is 2050. The Morgan fingerprint density at radius 2 is 0.740 bits per heavy atom. The average molecular weight is 676 g/mol. The third-order valence-corrected chi connectivity index (χ3v) is 6.82. The molecule has 0 saturated heterocycles. The third-order valence-electron chi connectivity index (χ3n) is 6.82. The van der Waals surface area contributed by atoms with Crippen LogP contribution in [0.2, 0.25) is 0 Å². The minimum atomic E-state index is -0.840. The fourth-order valence-electron chi connectivity index (χ4n) is 4.30. The minimum Gasteiger partial charge on any atom is -0.423 e. The molecule has 0 aromatic heterocycles. The second-order valence-electron chi connectivity index (χ2n) is 10.2. The molecule has 15 heteroatoms. The van der Waals surface area contributed by atoms with E-state index in [9.17, 15) is 44.7 Å². The molecule has 0 radical (unpaired) electrons. The van der Waals surface area contributed by atoms with E-state index in [0.717, 1.165) is 24.3 Å². The van der Waals surface area contributed by atoms with Gasteiger partial charge in [-0.05, 0) is 71.8 Å². The number of carbonyl (C=O) groups is 3. The van der Waals surface area contributed by atoms with Gasteiger partial charge in [-0.15, -0.1) is 0 Å². The fourth-order valence-corrected chi connectivity index (χ4v) is 4.30. The van der Waals surface area contributed by atoms with Gasteiger partial charge in [-0.1, -0.05) is 24.3 Å². The molecule has 15 nitrogen and oxygen atoms in total. The molecule has 0 amide bonds. The van der Waals surface area contributed by atoms with Crippen molar-refractivity contribution in [1.29, 1.82) is 0 Å². The number of benzene rings is 5. The molecule has 0 fully saturated rings. The van der Waals surface area contributed by atoms with Crippen LogP contribution in [-0.4, -0.2) is 32.7 Å². The number of esters is 3. The highest BCUT2D eigenvalue weighted by molar-refractivity contribution is 5.93.